The lowest BCUT2D eigenvalue weighted by atomic mass is 9.97. The first-order valence-corrected chi connectivity index (χ1v) is 8.90. The second-order valence-corrected chi connectivity index (χ2v) is 6.54. The van der Waals surface area contributed by atoms with Gasteiger partial charge in [-0.1, -0.05) is 29.3 Å². The molecule has 1 aliphatic rings. The largest absolute Gasteiger partial charge is 0.450 e. The molecule has 2 amide bonds. The van der Waals surface area contributed by atoms with E-state index in [0.29, 0.717) is 42.7 Å². The molecule has 1 N–H and O–H groups in total. The van der Waals surface area contributed by atoms with Crippen LogP contribution in [0.3, 0.4) is 0 Å². The van der Waals surface area contributed by atoms with E-state index in [-0.39, 0.29) is 17.9 Å². The second kappa shape index (κ2) is 9.14. The molecule has 24 heavy (non-hydrogen) atoms. The summed E-state index contributed by atoms with van der Waals surface area (Å²) in [5.74, 6) is -0.253. The van der Waals surface area contributed by atoms with Gasteiger partial charge in [0.2, 0.25) is 5.91 Å². The molecule has 1 aromatic carbocycles. The zero-order valence-corrected chi connectivity index (χ0v) is 15.2. The third-order valence-electron chi connectivity index (χ3n) is 4.05. The van der Waals surface area contributed by atoms with E-state index in [0.717, 1.165) is 18.4 Å². The lowest BCUT2D eigenvalue weighted by molar-refractivity contribution is -0.126. The highest BCUT2D eigenvalue weighted by Crippen LogP contribution is 2.24. The fraction of sp³-hybridized carbons (Fsp3) is 0.529. The van der Waals surface area contributed by atoms with E-state index in [2.05, 4.69) is 5.32 Å². The number of ether oxygens (including phenoxy) is 1. The van der Waals surface area contributed by atoms with Gasteiger partial charge in [-0.2, -0.15) is 0 Å². The van der Waals surface area contributed by atoms with Crippen LogP contribution in [-0.2, 0) is 16.0 Å². The molecule has 0 saturated carbocycles. The van der Waals surface area contributed by atoms with Crippen LogP contribution in [0.1, 0.15) is 25.3 Å². The molecule has 0 aliphatic carbocycles. The lowest BCUT2D eigenvalue weighted by Crippen LogP contribution is -2.45. The van der Waals surface area contributed by atoms with Gasteiger partial charge in [-0.25, -0.2) is 4.79 Å². The highest BCUT2D eigenvalue weighted by Gasteiger charge is 2.28. The molecule has 132 valence electrons. The predicted molar refractivity (Wildman–Crippen MR) is 94.5 cm³/mol. The summed E-state index contributed by atoms with van der Waals surface area (Å²) >= 11 is 12.2. The Morgan fingerprint density at radius 1 is 1.33 bits per heavy atom. The highest BCUT2D eigenvalue weighted by molar-refractivity contribution is 6.35. The molecule has 7 heteroatoms. The van der Waals surface area contributed by atoms with E-state index in [9.17, 15) is 9.59 Å². The number of rotatable bonds is 5. The summed E-state index contributed by atoms with van der Waals surface area (Å²) in [7, 11) is 0. The topological polar surface area (TPSA) is 58.6 Å². The maximum Gasteiger partial charge on any atom is 0.409 e. The number of nitrogens with one attached hydrogen (secondary N) is 1. The zero-order chi connectivity index (χ0) is 17.5. The molecule has 1 saturated heterocycles. The molecule has 5 nitrogen and oxygen atoms in total. The van der Waals surface area contributed by atoms with Crippen molar-refractivity contribution in [3.8, 4) is 0 Å². The van der Waals surface area contributed by atoms with Crippen molar-refractivity contribution < 1.29 is 14.3 Å². The molecule has 1 heterocycles. The van der Waals surface area contributed by atoms with E-state index < -0.39 is 0 Å². The van der Waals surface area contributed by atoms with Gasteiger partial charge in [0.15, 0.2) is 0 Å². The molecule has 0 spiro atoms. The van der Waals surface area contributed by atoms with Crippen molar-refractivity contribution in [2.75, 3.05) is 26.2 Å². The first kappa shape index (κ1) is 18.9. The number of hydrogen-bond donors (Lipinski definition) is 1. The Balaban J connectivity index is 1.83. The second-order valence-electron chi connectivity index (χ2n) is 5.73. The van der Waals surface area contributed by atoms with Crippen molar-refractivity contribution >= 4 is 35.2 Å². The van der Waals surface area contributed by atoms with Crippen LogP contribution >= 0.6 is 23.2 Å². The Morgan fingerprint density at radius 2 is 2.04 bits per heavy atom. The summed E-state index contributed by atoms with van der Waals surface area (Å²) in [5.41, 5.74) is 0.831. The molecular weight excluding hydrogens is 351 g/mol. The number of nitrogens with zero attached hydrogens (tertiary/aromatic N) is 1. The SMILES string of the molecule is CCOC(=O)N1CCCC(C(=O)NCCc2c(Cl)cccc2Cl)C1. The Hall–Kier alpha value is -1.46. The molecule has 1 atom stereocenters. The predicted octanol–water partition coefficient (Wildman–Crippen LogP) is 3.52. The van der Waals surface area contributed by atoms with Crippen LogP contribution < -0.4 is 5.32 Å². The number of hydrogen-bond acceptors (Lipinski definition) is 3. The highest BCUT2D eigenvalue weighted by atomic mass is 35.5. The monoisotopic (exact) mass is 372 g/mol. The maximum atomic E-state index is 12.3. The van der Waals surface area contributed by atoms with Crippen LogP contribution in [0.15, 0.2) is 18.2 Å². The Labute approximate surface area is 152 Å². The standard InChI is InChI=1S/C17H22Cl2N2O3/c1-2-24-17(23)21-10-4-5-12(11-21)16(22)20-9-8-13-14(18)6-3-7-15(13)19/h3,6-7,12H,2,4-5,8-11H2,1H3,(H,20,22). The first-order chi connectivity index (χ1) is 11.5. The van der Waals surface area contributed by atoms with Gasteiger partial charge in [0.1, 0.15) is 0 Å². The molecule has 0 bridgehead atoms. The van der Waals surface area contributed by atoms with Crippen molar-refractivity contribution in [1.29, 1.82) is 0 Å². The minimum absolute atomic E-state index is 0.0489. The lowest BCUT2D eigenvalue weighted by Gasteiger charge is -2.31. The third kappa shape index (κ3) is 5.02. The molecule has 1 aromatic rings. The van der Waals surface area contributed by atoms with E-state index >= 15 is 0 Å². The van der Waals surface area contributed by atoms with Gasteiger partial charge < -0.3 is 15.0 Å². The minimum Gasteiger partial charge on any atom is -0.450 e. The number of likely N-dealkylation sites (tertiary alicyclic amines) is 1. The van der Waals surface area contributed by atoms with Crippen LogP contribution in [0.5, 0.6) is 0 Å². The Bertz CT molecular complexity index is 575. The molecule has 0 aromatic heterocycles. The summed E-state index contributed by atoms with van der Waals surface area (Å²) in [5, 5.41) is 4.11. The molecular formula is C17H22Cl2N2O3. The van der Waals surface area contributed by atoms with Crippen LogP contribution in [0.4, 0.5) is 4.79 Å². The number of amides is 2. The third-order valence-corrected chi connectivity index (χ3v) is 4.76. The summed E-state index contributed by atoms with van der Waals surface area (Å²) in [6, 6.07) is 5.35. The molecule has 0 radical (unpaired) electrons. The Kier molecular flexibility index (Phi) is 7.18. The van der Waals surface area contributed by atoms with Crippen molar-refractivity contribution in [2.45, 2.75) is 26.2 Å². The van der Waals surface area contributed by atoms with E-state index in [1.807, 2.05) is 0 Å². The normalized spacial score (nSPS) is 17.5. The fourth-order valence-electron chi connectivity index (χ4n) is 2.80. The molecule has 2 rings (SSSR count). The van der Waals surface area contributed by atoms with E-state index in [4.69, 9.17) is 27.9 Å². The first-order valence-electron chi connectivity index (χ1n) is 8.15. The van der Waals surface area contributed by atoms with E-state index in [1.165, 1.54) is 0 Å². The average Bonchev–Trinajstić information content (AvgIpc) is 2.57. The number of carbonyl (C=O) groups is 2. The van der Waals surface area contributed by atoms with Gasteiger partial charge in [0, 0.05) is 29.7 Å². The van der Waals surface area contributed by atoms with Crippen LogP contribution in [-0.4, -0.2) is 43.1 Å². The number of piperidine rings is 1. The van der Waals surface area contributed by atoms with Gasteiger partial charge in [-0.15, -0.1) is 0 Å². The van der Waals surface area contributed by atoms with Gasteiger partial charge in [0.05, 0.1) is 12.5 Å². The summed E-state index contributed by atoms with van der Waals surface area (Å²) < 4.78 is 5.00. The van der Waals surface area contributed by atoms with Crippen molar-refractivity contribution in [2.24, 2.45) is 5.92 Å². The van der Waals surface area contributed by atoms with Crippen molar-refractivity contribution in [1.82, 2.24) is 10.2 Å². The van der Waals surface area contributed by atoms with Crippen LogP contribution in [0.25, 0.3) is 0 Å². The minimum atomic E-state index is -0.349. The van der Waals surface area contributed by atoms with E-state index in [1.54, 1.807) is 30.0 Å². The fourth-order valence-corrected chi connectivity index (χ4v) is 3.38. The van der Waals surface area contributed by atoms with Gasteiger partial charge >= 0.3 is 6.09 Å². The number of benzene rings is 1. The molecule has 1 aliphatic heterocycles. The van der Waals surface area contributed by atoms with Crippen LogP contribution in [0.2, 0.25) is 10.0 Å². The smallest absolute Gasteiger partial charge is 0.409 e. The Morgan fingerprint density at radius 3 is 2.71 bits per heavy atom. The summed E-state index contributed by atoms with van der Waals surface area (Å²) in [6.45, 7) is 3.60. The zero-order valence-electron chi connectivity index (χ0n) is 13.7. The summed E-state index contributed by atoms with van der Waals surface area (Å²) in [6.07, 6.45) is 1.79. The number of halogens is 2. The maximum absolute atomic E-state index is 12.3. The van der Waals surface area contributed by atoms with Gasteiger partial charge in [-0.05, 0) is 43.9 Å². The van der Waals surface area contributed by atoms with Gasteiger partial charge in [-0.3, -0.25) is 4.79 Å². The summed E-state index contributed by atoms with van der Waals surface area (Å²) in [4.78, 5) is 25.7. The van der Waals surface area contributed by atoms with Crippen LogP contribution in [0, 0.1) is 5.92 Å². The molecule has 1 fully saturated rings. The average molecular weight is 373 g/mol. The quantitative estimate of drug-likeness (QED) is 0.859. The molecule has 1 unspecified atom stereocenters. The van der Waals surface area contributed by atoms with Crippen molar-refractivity contribution in [3.63, 3.8) is 0 Å². The van der Waals surface area contributed by atoms with Gasteiger partial charge in [0.25, 0.3) is 0 Å². The van der Waals surface area contributed by atoms with Crippen molar-refractivity contribution in [3.05, 3.63) is 33.8 Å². The number of carbonyl (C=O) groups excluding carboxylic acids is 2.